The first-order chi connectivity index (χ1) is 12.2. The lowest BCUT2D eigenvalue weighted by molar-refractivity contribution is -0.117. The summed E-state index contributed by atoms with van der Waals surface area (Å²) in [6, 6.07) is 8.70. The highest BCUT2D eigenvalue weighted by molar-refractivity contribution is 7.14. The van der Waals surface area contributed by atoms with Crippen molar-refractivity contribution in [2.75, 3.05) is 18.9 Å². The first kappa shape index (κ1) is 16.3. The number of amides is 1. The van der Waals surface area contributed by atoms with Crippen LogP contribution in [-0.4, -0.2) is 40.4 Å². The lowest BCUT2D eigenvalue weighted by atomic mass is 10.1. The van der Waals surface area contributed by atoms with E-state index in [-0.39, 0.29) is 5.91 Å². The minimum atomic E-state index is 0.00854. The van der Waals surface area contributed by atoms with Crippen molar-refractivity contribution >= 4 is 33.3 Å². The van der Waals surface area contributed by atoms with E-state index in [1.165, 1.54) is 37.0 Å². The van der Waals surface area contributed by atoms with Crippen LogP contribution in [-0.2, 0) is 4.79 Å². The molecule has 1 amide bonds. The van der Waals surface area contributed by atoms with Crippen LogP contribution in [0.2, 0.25) is 0 Å². The number of nitrogens with zero attached hydrogens (tertiary/aromatic N) is 2. The second-order valence-electron chi connectivity index (χ2n) is 6.69. The van der Waals surface area contributed by atoms with E-state index < -0.39 is 0 Å². The van der Waals surface area contributed by atoms with Crippen molar-refractivity contribution in [3.05, 3.63) is 35.8 Å². The Balaban J connectivity index is 1.43. The summed E-state index contributed by atoms with van der Waals surface area (Å²) in [6.45, 7) is 0.423. The van der Waals surface area contributed by atoms with Gasteiger partial charge in [-0.2, -0.15) is 0 Å². The van der Waals surface area contributed by atoms with Gasteiger partial charge in [-0.25, -0.2) is 4.98 Å². The molecular weight excluding hydrogens is 332 g/mol. The Bertz CT molecular complexity index is 878. The van der Waals surface area contributed by atoms with Crippen molar-refractivity contribution in [1.82, 2.24) is 14.9 Å². The molecule has 3 aromatic rings. The number of carbonyl (C=O) groups excluding carboxylic acids is 1. The Hall–Kier alpha value is -2.18. The molecule has 1 aliphatic rings. The summed E-state index contributed by atoms with van der Waals surface area (Å²) in [4.78, 5) is 22.3. The second kappa shape index (κ2) is 6.98. The molecule has 130 valence electrons. The van der Waals surface area contributed by atoms with Crippen molar-refractivity contribution in [3.63, 3.8) is 0 Å². The molecule has 2 aromatic heterocycles. The Morgan fingerprint density at radius 2 is 2.16 bits per heavy atom. The molecule has 5 nitrogen and oxygen atoms in total. The quantitative estimate of drug-likeness (QED) is 0.725. The number of benzene rings is 1. The van der Waals surface area contributed by atoms with Crippen LogP contribution < -0.4 is 5.32 Å². The molecule has 6 heteroatoms. The Morgan fingerprint density at radius 1 is 1.36 bits per heavy atom. The fraction of sp³-hybridized carbons (Fsp3) is 0.368. The average Bonchev–Trinajstić information content (AvgIpc) is 3.35. The van der Waals surface area contributed by atoms with Gasteiger partial charge in [0.05, 0.1) is 12.2 Å². The molecular formula is C19H22N4OS. The number of aromatic amines is 1. The number of H-pyrrole nitrogens is 1. The van der Waals surface area contributed by atoms with Crippen LogP contribution in [0, 0.1) is 0 Å². The number of thiazole rings is 1. The number of aromatic nitrogens is 2. The van der Waals surface area contributed by atoms with Gasteiger partial charge in [0.25, 0.3) is 0 Å². The van der Waals surface area contributed by atoms with E-state index in [0.717, 1.165) is 22.2 Å². The monoisotopic (exact) mass is 354 g/mol. The fourth-order valence-electron chi connectivity index (χ4n) is 3.60. The molecule has 0 aliphatic heterocycles. The summed E-state index contributed by atoms with van der Waals surface area (Å²) in [5, 5.41) is 6.74. The van der Waals surface area contributed by atoms with Crippen LogP contribution in [0.3, 0.4) is 0 Å². The van der Waals surface area contributed by atoms with Gasteiger partial charge in [0.2, 0.25) is 5.91 Å². The zero-order valence-electron chi connectivity index (χ0n) is 14.3. The van der Waals surface area contributed by atoms with Gasteiger partial charge in [0.1, 0.15) is 0 Å². The van der Waals surface area contributed by atoms with Gasteiger partial charge in [-0.3, -0.25) is 9.69 Å². The summed E-state index contributed by atoms with van der Waals surface area (Å²) in [5.74, 6) is 0.00854. The number of hydrogen-bond acceptors (Lipinski definition) is 4. The molecule has 0 bridgehead atoms. The maximum Gasteiger partial charge on any atom is 0.240 e. The Morgan fingerprint density at radius 3 is 3.00 bits per heavy atom. The lowest BCUT2D eigenvalue weighted by Gasteiger charge is -2.22. The minimum absolute atomic E-state index is 0.00854. The molecule has 0 saturated heterocycles. The topological polar surface area (TPSA) is 61.0 Å². The third kappa shape index (κ3) is 3.45. The van der Waals surface area contributed by atoms with Crippen LogP contribution in [0.4, 0.5) is 5.13 Å². The van der Waals surface area contributed by atoms with E-state index in [1.54, 1.807) is 0 Å². The van der Waals surface area contributed by atoms with Crippen LogP contribution in [0.1, 0.15) is 25.7 Å². The van der Waals surface area contributed by atoms with Crippen LogP contribution in [0.5, 0.6) is 0 Å². The predicted octanol–water partition coefficient (Wildman–Crippen LogP) is 4.10. The number of anilines is 1. The Kier molecular flexibility index (Phi) is 4.55. The normalized spacial score (nSPS) is 15.3. The molecule has 0 radical (unpaired) electrons. The molecule has 25 heavy (non-hydrogen) atoms. The molecule has 0 atom stereocenters. The van der Waals surface area contributed by atoms with Crippen molar-refractivity contribution in [2.24, 2.45) is 0 Å². The zero-order chi connectivity index (χ0) is 17.2. The molecule has 1 aliphatic carbocycles. The van der Waals surface area contributed by atoms with Gasteiger partial charge in [-0.05, 0) is 26.0 Å². The largest absolute Gasteiger partial charge is 0.360 e. The predicted molar refractivity (Wildman–Crippen MR) is 103 cm³/mol. The minimum Gasteiger partial charge on any atom is -0.360 e. The van der Waals surface area contributed by atoms with Gasteiger partial charge in [-0.15, -0.1) is 11.3 Å². The van der Waals surface area contributed by atoms with E-state index in [0.29, 0.717) is 17.7 Å². The van der Waals surface area contributed by atoms with E-state index in [1.807, 2.05) is 36.8 Å². The Labute approximate surface area is 151 Å². The highest BCUT2D eigenvalue weighted by Crippen LogP contribution is 2.31. The molecule has 4 rings (SSSR count). The van der Waals surface area contributed by atoms with Gasteiger partial charge >= 0.3 is 0 Å². The van der Waals surface area contributed by atoms with Crippen molar-refractivity contribution < 1.29 is 4.79 Å². The molecule has 1 saturated carbocycles. The van der Waals surface area contributed by atoms with E-state index in [2.05, 4.69) is 26.3 Å². The van der Waals surface area contributed by atoms with Crippen LogP contribution in [0.15, 0.2) is 35.8 Å². The maximum atomic E-state index is 12.3. The number of carbonyl (C=O) groups is 1. The van der Waals surface area contributed by atoms with Crippen molar-refractivity contribution in [2.45, 2.75) is 31.7 Å². The van der Waals surface area contributed by atoms with Gasteiger partial charge in [-0.1, -0.05) is 31.0 Å². The standard InChI is InChI=1S/C19H22N4OS/c1-23(13-6-2-3-7-13)11-18(24)22-19-21-17(12-25-19)15-10-20-16-9-5-4-8-14(15)16/h4-5,8-10,12-13,20H,2-3,6-7,11H2,1H3,(H,21,22,24). The number of fused-ring (bicyclic) bond motifs is 1. The second-order valence-corrected chi connectivity index (χ2v) is 7.55. The summed E-state index contributed by atoms with van der Waals surface area (Å²) in [6.07, 6.45) is 6.92. The number of nitrogens with one attached hydrogen (secondary N) is 2. The molecule has 0 spiro atoms. The number of rotatable bonds is 5. The maximum absolute atomic E-state index is 12.3. The van der Waals surface area contributed by atoms with Crippen LogP contribution in [0.25, 0.3) is 22.2 Å². The molecule has 0 unspecified atom stereocenters. The highest BCUT2D eigenvalue weighted by atomic mass is 32.1. The highest BCUT2D eigenvalue weighted by Gasteiger charge is 2.21. The summed E-state index contributed by atoms with van der Waals surface area (Å²) in [5.41, 5.74) is 3.05. The molecule has 1 aromatic carbocycles. The summed E-state index contributed by atoms with van der Waals surface area (Å²) >= 11 is 1.47. The van der Waals surface area contributed by atoms with E-state index in [9.17, 15) is 4.79 Å². The number of para-hydroxylation sites is 1. The molecule has 1 fully saturated rings. The van der Waals surface area contributed by atoms with Crippen molar-refractivity contribution in [1.29, 1.82) is 0 Å². The lowest BCUT2D eigenvalue weighted by Crippen LogP contribution is -2.36. The van der Waals surface area contributed by atoms with Gasteiger partial charge in [0, 0.05) is 34.1 Å². The smallest absolute Gasteiger partial charge is 0.240 e. The molecule has 2 heterocycles. The van der Waals surface area contributed by atoms with Gasteiger partial charge < -0.3 is 10.3 Å². The summed E-state index contributed by atoms with van der Waals surface area (Å²) in [7, 11) is 2.04. The first-order valence-corrected chi connectivity index (χ1v) is 9.61. The third-order valence-electron chi connectivity index (χ3n) is 4.96. The van der Waals surface area contributed by atoms with E-state index in [4.69, 9.17) is 0 Å². The zero-order valence-corrected chi connectivity index (χ0v) is 15.1. The summed E-state index contributed by atoms with van der Waals surface area (Å²) < 4.78 is 0. The first-order valence-electron chi connectivity index (χ1n) is 8.73. The fourth-order valence-corrected chi connectivity index (χ4v) is 4.32. The third-order valence-corrected chi connectivity index (χ3v) is 5.71. The molecule has 2 N–H and O–H groups in total. The van der Waals surface area contributed by atoms with Crippen molar-refractivity contribution in [3.8, 4) is 11.3 Å². The SMILES string of the molecule is CN(CC(=O)Nc1nc(-c2c[nH]c3ccccc23)cs1)C1CCCC1. The van der Waals surface area contributed by atoms with Gasteiger partial charge in [0.15, 0.2) is 5.13 Å². The van der Waals surface area contributed by atoms with E-state index >= 15 is 0 Å². The number of hydrogen-bond donors (Lipinski definition) is 2. The number of likely N-dealkylation sites (N-methyl/N-ethyl adjacent to an activating group) is 1. The van der Waals surface area contributed by atoms with Crippen LogP contribution >= 0.6 is 11.3 Å². The average molecular weight is 354 g/mol.